The third-order valence-corrected chi connectivity index (χ3v) is 6.37. The Bertz CT molecular complexity index is 281. The molecule has 4 aliphatic rings. The molecule has 104 valence electrons. The van der Waals surface area contributed by atoms with Crippen LogP contribution in [0.15, 0.2) is 0 Å². The molecule has 4 saturated carbocycles. The molecule has 1 unspecified atom stereocenters. The lowest BCUT2D eigenvalue weighted by molar-refractivity contribution is -0.0943. The van der Waals surface area contributed by atoms with Crippen molar-refractivity contribution in [2.45, 2.75) is 59.3 Å². The van der Waals surface area contributed by atoms with E-state index in [0.29, 0.717) is 5.41 Å². The second-order valence-corrected chi connectivity index (χ2v) is 8.41. The van der Waals surface area contributed by atoms with Gasteiger partial charge in [0.05, 0.1) is 0 Å². The van der Waals surface area contributed by atoms with Crippen molar-refractivity contribution >= 4 is 0 Å². The van der Waals surface area contributed by atoms with Gasteiger partial charge in [0.1, 0.15) is 0 Å². The Balaban J connectivity index is 1.82. The number of rotatable bonds is 4. The summed E-state index contributed by atoms with van der Waals surface area (Å²) in [6.07, 6.45) is 9.02. The number of hydrogen-bond acceptors (Lipinski definition) is 1. The molecule has 1 atom stereocenters. The summed E-state index contributed by atoms with van der Waals surface area (Å²) in [4.78, 5) is 0. The largest absolute Gasteiger partial charge is 0.330 e. The maximum atomic E-state index is 6.24. The highest BCUT2D eigenvalue weighted by Crippen LogP contribution is 2.61. The molecule has 0 heterocycles. The van der Waals surface area contributed by atoms with Crippen LogP contribution >= 0.6 is 0 Å². The van der Waals surface area contributed by atoms with E-state index < -0.39 is 0 Å². The highest BCUT2D eigenvalue weighted by molar-refractivity contribution is 5.03. The van der Waals surface area contributed by atoms with Gasteiger partial charge in [-0.15, -0.1) is 0 Å². The van der Waals surface area contributed by atoms with Gasteiger partial charge in [-0.1, -0.05) is 20.8 Å². The SMILES string of the molecule is CC(C)CC(C)(CN)C1C2CC3CC(C2)CC1C3. The van der Waals surface area contributed by atoms with E-state index in [2.05, 4.69) is 20.8 Å². The van der Waals surface area contributed by atoms with Crippen LogP contribution in [0.2, 0.25) is 0 Å². The molecule has 0 aliphatic heterocycles. The maximum absolute atomic E-state index is 6.24. The van der Waals surface area contributed by atoms with Gasteiger partial charge in [0.25, 0.3) is 0 Å². The third-order valence-electron chi connectivity index (χ3n) is 6.37. The van der Waals surface area contributed by atoms with Crippen LogP contribution in [0.1, 0.15) is 59.3 Å². The summed E-state index contributed by atoms with van der Waals surface area (Å²) in [5, 5.41) is 0. The van der Waals surface area contributed by atoms with Crippen LogP contribution in [0.4, 0.5) is 0 Å². The monoisotopic (exact) mass is 249 g/mol. The summed E-state index contributed by atoms with van der Waals surface area (Å²) in [6, 6.07) is 0. The van der Waals surface area contributed by atoms with Crippen LogP contribution in [0, 0.1) is 40.9 Å². The van der Waals surface area contributed by atoms with E-state index in [1.807, 2.05) is 0 Å². The molecule has 0 aromatic rings. The minimum atomic E-state index is 0.413. The second kappa shape index (κ2) is 4.51. The zero-order chi connectivity index (χ0) is 12.9. The molecule has 0 aromatic carbocycles. The highest BCUT2D eigenvalue weighted by atomic mass is 14.7. The minimum Gasteiger partial charge on any atom is -0.330 e. The van der Waals surface area contributed by atoms with Crippen molar-refractivity contribution in [1.82, 2.24) is 0 Å². The van der Waals surface area contributed by atoms with Gasteiger partial charge in [0, 0.05) is 0 Å². The van der Waals surface area contributed by atoms with Gasteiger partial charge in [0.2, 0.25) is 0 Å². The van der Waals surface area contributed by atoms with Gasteiger partial charge in [-0.3, -0.25) is 0 Å². The standard InChI is InChI=1S/C17H31N/c1-11(2)9-17(3,10-18)16-14-5-12-4-13(7-14)8-15(16)6-12/h11-16H,4-10,18H2,1-3H3. The predicted molar refractivity (Wildman–Crippen MR) is 77.2 cm³/mol. The first-order valence-electron chi connectivity index (χ1n) is 8.22. The fourth-order valence-electron chi connectivity index (χ4n) is 6.35. The molecule has 0 radical (unpaired) electrons. The minimum absolute atomic E-state index is 0.413. The van der Waals surface area contributed by atoms with E-state index in [1.54, 1.807) is 6.42 Å². The van der Waals surface area contributed by atoms with Crippen molar-refractivity contribution in [1.29, 1.82) is 0 Å². The van der Waals surface area contributed by atoms with Crippen LogP contribution in [0.3, 0.4) is 0 Å². The molecular formula is C17H31N. The quantitative estimate of drug-likeness (QED) is 0.798. The van der Waals surface area contributed by atoms with E-state index in [4.69, 9.17) is 5.73 Å². The van der Waals surface area contributed by atoms with Crippen LogP contribution in [0.5, 0.6) is 0 Å². The Morgan fingerprint density at radius 1 is 1.00 bits per heavy atom. The molecule has 4 bridgehead atoms. The van der Waals surface area contributed by atoms with Crippen molar-refractivity contribution in [2.75, 3.05) is 6.54 Å². The summed E-state index contributed by atoms with van der Waals surface area (Å²) in [5.41, 5.74) is 6.65. The lowest BCUT2D eigenvalue weighted by atomic mass is 9.46. The van der Waals surface area contributed by atoms with E-state index in [9.17, 15) is 0 Å². The average Bonchev–Trinajstić information content (AvgIpc) is 2.26. The summed E-state index contributed by atoms with van der Waals surface area (Å²) in [6.45, 7) is 8.13. The Morgan fingerprint density at radius 2 is 1.50 bits per heavy atom. The molecule has 1 heteroatoms. The van der Waals surface area contributed by atoms with Crippen molar-refractivity contribution in [3.63, 3.8) is 0 Å². The molecule has 0 spiro atoms. The topological polar surface area (TPSA) is 26.0 Å². The van der Waals surface area contributed by atoms with Crippen molar-refractivity contribution in [2.24, 2.45) is 46.7 Å². The van der Waals surface area contributed by atoms with Gasteiger partial charge in [-0.2, -0.15) is 0 Å². The van der Waals surface area contributed by atoms with Gasteiger partial charge in [-0.25, -0.2) is 0 Å². The molecule has 1 nitrogen and oxygen atoms in total. The number of nitrogens with two attached hydrogens (primary N) is 1. The average molecular weight is 249 g/mol. The van der Waals surface area contributed by atoms with Gasteiger partial charge >= 0.3 is 0 Å². The van der Waals surface area contributed by atoms with Gasteiger partial charge in [-0.05, 0) is 86.0 Å². The lowest BCUT2D eigenvalue weighted by Crippen LogP contribution is -2.53. The van der Waals surface area contributed by atoms with Gasteiger partial charge < -0.3 is 5.73 Å². The predicted octanol–water partition coefficient (Wildman–Crippen LogP) is 4.07. The summed E-state index contributed by atoms with van der Waals surface area (Å²) < 4.78 is 0. The Kier molecular flexibility index (Phi) is 3.25. The van der Waals surface area contributed by atoms with Crippen LogP contribution in [-0.4, -0.2) is 6.54 Å². The molecule has 4 aliphatic carbocycles. The van der Waals surface area contributed by atoms with E-state index in [0.717, 1.165) is 42.1 Å². The first-order chi connectivity index (χ1) is 8.51. The molecule has 2 N–H and O–H groups in total. The fraction of sp³-hybridized carbons (Fsp3) is 1.00. The molecular weight excluding hydrogens is 218 g/mol. The van der Waals surface area contributed by atoms with Crippen LogP contribution < -0.4 is 5.73 Å². The Labute approximate surface area is 113 Å². The zero-order valence-electron chi connectivity index (χ0n) is 12.5. The zero-order valence-corrected chi connectivity index (χ0v) is 12.5. The highest BCUT2D eigenvalue weighted by Gasteiger charge is 2.53. The third kappa shape index (κ3) is 2.03. The van der Waals surface area contributed by atoms with E-state index in [1.165, 1.54) is 32.1 Å². The lowest BCUT2D eigenvalue weighted by Gasteiger charge is -2.59. The van der Waals surface area contributed by atoms with E-state index in [-0.39, 0.29) is 0 Å². The fourth-order valence-corrected chi connectivity index (χ4v) is 6.35. The molecule has 0 saturated heterocycles. The Morgan fingerprint density at radius 3 is 1.89 bits per heavy atom. The van der Waals surface area contributed by atoms with Gasteiger partial charge in [0.15, 0.2) is 0 Å². The molecule has 4 rings (SSSR count). The second-order valence-electron chi connectivity index (χ2n) is 8.41. The first-order valence-corrected chi connectivity index (χ1v) is 8.22. The summed E-state index contributed by atoms with van der Waals surface area (Å²) in [7, 11) is 0. The molecule has 18 heavy (non-hydrogen) atoms. The molecule has 4 fully saturated rings. The molecule has 0 aromatic heterocycles. The van der Waals surface area contributed by atoms with Crippen LogP contribution in [0.25, 0.3) is 0 Å². The Hall–Kier alpha value is -0.0400. The normalized spacial score (nSPS) is 45.5. The van der Waals surface area contributed by atoms with Crippen molar-refractivity contribution in [3.05, 3.63) is 0 Å². The first kappa shape index (κ1) is 13.0. The van der Waals surface area contributed by atoms with E-state index >= 15 is 0 Å². The molecule has 0 amide bonds. The van der Waals surface area contributed by atoms with Crippen LogP contribution in [-0.2, 0) is 0 Å². The summed E-state index contributed by atoms with van der Waals surface area (Å²) >= 11 is 0. The summed E-state index contributed by atoms with van der Waals surface area (Å²) in [5.74, 6) is 5.95. The number of hydrogen-bond donors (Lipinski definition) is 1. The maximum Gasteiger partial charge on any atom is -0.00202 e. The van der Waals surface area contributed by atoms with Crippen molar-refractivity contribution in [3.8, 4) is 0 Å². The smallest absolute Gasteiger partial charge is 0.00202 e. The van der Waals surface area contributed by atoms with Crippen molar-refractivity contribution < 1.29 is 0 Å².